The molecule has 1 saturated heterocycles. The van der Waals surface area contributed by atoms with E-state index in [-0.39, 0.29) is 11.9 Å². The summed E-state index contributed by atoms with van der Waals surface area (Å²) in [4.78, 5) is 15.2. The number of carbonyl (C=O) groups is 1. The Bertz CT molecular complexity index is 396. The Morgan fingerprint density at radius 2 is 2.59 bits per heavy atom. The summed E-state index contributed by atoms with van der Waals surface area (Å²) >= 11 is 5.05. The summed E-state index contributed by atoms with van der Waals surface area (Å²) in [6.45, 7) is 3.26. The molecule has 1 aromatic rings. The summed E-state index contributed by atoms with van der Waals surface area (Å²) in [5.74, 6) is 0.0843. The molecule has 2 heterocycles. The molecule has 1 aliphatic heterocycles. The first-order valence-electron chi connectivity index (χ1n) is 5.57. The highest BCUT2D eigenvalue weighted by molar-refractivity contribution is 9.10. The number of carbonyl (C=O) groups excluding carboxylic acids is 1. The number of hydrogen-bond donors (Lipinski definition) is 2. The third kappa shape index (κ3) is 3.77. The lowest BCUT2D eigenvalue weighted by molar-refractivity contribution is -0.124. The van der Waals surface area contributed by atoms with Crippen LogP contribution in [-0.2, 0) is 11.3 Å². The molecule has 1 aliphatic rings. The van der Waals surface area contributed by atoms with Crippen molar-refractivity contribution in [2.24, 2.45) is 0 Å². The highest BCUT2D eigenvalue weighted by Crippen LogP contribution is 2.19. The van der Waals surface area contributed by atoms with Crippen molar-refractivity contribution < 1.29 is 4.79 Å². The van der Waals surface area contributed by atoms with E-state index in [2.05, 4.69) is 31.5 Å². The van der Waals surface area contributed by atoms with Crippen LogP contribution in [0.3, 0.4) is 0 Å². The number of likely N-dealkylation sites (N-methyl/N-ethyl adjacent to an activating group) is 1. The minimum atomic E-state index is -0.0860. The number of rotatable bonds is 3. The predicted octanol–water partition coefficient (Wildman–Crippen LogP) is 1.03. The van der Waals surface area contributed by atoms with Crippen LogP contribution in [0, 0.1) is 0 Å². The highest BCUT2D eigenvalue weighted by atomic mass is 79.9. The average Bonchev–Trinajstić information content (AvgIpc) is 2.72. The Morgan fingerprint density at radius 1 is 1.76 bits per heavy atom. The van der Waals surface area contributed by atoms with Crippen LogP contribution in [0.1, 0.15) is 4.88 Å². The molecule has 17 heavy (non-hydrogen) atoms. The molecule has 0 aliphatic carbocycles. The van der Waals surface area contributed by atoms with Crippen molar-refractivity contribution in [1.82, 2.24) is 15.5 Å². The van der Waals surface area contributed by atoms with Crippen molar-refractivity contribution in [1.29, 1.82) is 0 Å². The maximum Gasteiger partial charge on any atom is 0.238 e. The minimum Gasteiger partial charge on any atom is -0.350 e. The molecule has 0 aromatic carbocycles. The number of piperazine rings is 1. The highest BCUT2D eigenvalue weighted by Gasteiger charge is 2.22. The fourth-order valence-electron chi connectivity index (χ4n) is 1.82. The quantitative estimate of drug-likeness (QED) is 0.875. The van der Waals surface area contributed by atoms with E-state index in [0.29, 0.717) is 6.54 Å². The van der Waals surface area contributed by atoms with Gasteiger partial charge in [-0.25, -0.2) is 0 Å². The van der Waals surface area contributed by atoms with Gasteiger partial charge in [0.2, 0.25) is 5.91 Å². The number of nitrogens with one attached hydrogen (secondary N) is 2. The van der Waals surface area contributed by atoms with E-state index in [1.165, 1.54) is 0 Å². The predicted molar refractivity (Wildman–Crippen MR) is 73.2 cm³/mol. The van der Waals surface area contributed by atoms with Crippen LogP contribution in [0.15, 0.2) is 15.9 Å². The van der Waals surface area contributed by atoms with E-state index in [9.17, 15) is 4.79 Å². The van der Waals surface area contributed by atoms with Crippen molar-refractivity contribution >= 4 is 33.2 Å². The lowest BCUT2D eigenvalue weighted by atomic mass is 10.2. The molecule has 6 heteroatoms. The van der Waals surface area contributed by atoms with Crippen molar-refractivity contribution in [2.45, 2.75) is 12.6 Å². The number of nitrogens with zero attached hydrogens (tertiary/aromatic N) is 1. The van der Waals surface area contributed by atoms with Gasteiger partial charge in [0.05, 0.1) is 12.6 Å². The Balaban J connectivity index is 1.80. The molecule has 2 rings (SSSR count). The Hall–Kier alpha value is -0.430. The van der Waals surface area contributed by atoms with E-state index in [4.69, 9.17) is 0 Å². The molecular weight excluding hydrogens is 302 g/mol. The molecule has 0 spiro atoms. The van der Waals surface area contributed by atoms with Gasteiger partial charge in [-0.3, -0.25) is 4.79 Å². The first-order chi connectivity index (χ1) is 8.15. The minimum absolute atomic E-state index is 0.0843. The van der Waals surface area contributed by atoms with Gasteiger partial charge in [-0.05, 0) is 29.0 Å². The van der Waals surface area contributed by atoms with Crippen LogP contribution in [0.25, 0.3) is 0 Å². The Morgan fingerprint density at radius 3 is 3.24 bits per heavy atom. The molecule has 0 bridgehead atoms. The molecule has 1 amide bonds. The standard InChI is InChI=1S/C11H16BrN3OS/c1-15-3-2-13-10(6-15)11(16)14-5-9-4-8(12)7-17-9/h4,7,10,13H,2-3,5-6H2,1H3,(H,14,16). The molecule has 1 aromatic heterocycles. The zero-order valence-electron chi connectivity index (χ0n) is 9.70. The number of halogens is 1. The summed E-state index contributed by atoms with van der Waals surface area (Å²) in [6.07, 6.45) is 0. The number of thiophene rings is 1. The summed E-state index contributed by atoms with van der Waals surface area (Å²) in [5, 5.41) is 8.22. The van der Waals surface area contributed by atoms with Crippen molar-refractivity contribution in [2.75, 3.05) is 26.7 Å². The fraction of sp³-hybridized carbons (Fsp3) is 0.545. The van der Waals surface area contributed by atoms with Gasteiger partial charge >= 0.3 is 0 Å². The van der Waals surface area contributed by atoms with Gasteiger partial charge in [0, 0.05) is 34.4 Å². The van der Waals surface area contributed by atoms with Crippen molar-refractivity contribution in [3.63, 3.8) is 0 Å². The maximum absolute atomic E-state index is 11.9. The lowest BCUT2D eigenvalue weighted by Crippen LogP contribution is -2.55. The topological polar surface area (TPSA) is 44.4 Å². The molecule has 1 fully saturated rings. The number of hydrogen-bond acceptors (Lipinski definition) is 4. The van der Waals surface area contributed by atoms with Gasteiger partial charge < -0.3 is 15.5 Å². The van der Waals surface area contributed by atoms with E-state index < -0.39 is 0 Å². The molecule has 94 valence electrons. The molecule has 1 unspecified atom stereocenters. The van der Waals surface area contributed by atoms with Gasteiger partial charge in [-0.2, -0.15) is 0 Å². The van der Waals surface area contributed by atoms with E-state index >= 15 is 0 Å². The maximum atomic E-state index is 11.9. The van der Waals surface area contributed by atoms with Crippen LogP contribution in [-0.4, -0.2) is 43.5 Å². The molecule has 4 nitrogen and oxygen atoms in total. The van der Waals surface area contributed by atoms with Crippen molar-refractivity contribution in [3.05, 3.63) is 20.8 Å². The molecule has 0 saturated carbocycles. The normalized spacial score (nSPS) is 21.4. The zero-order chi connectivity index (χ0) is 12.3. The fourth-order valence-corrected chi connectivity index (χ4v) is 3.21. The molecule has 2 N–H and O–H groups in total. The molecular formula is C11H16BrN3OS. The van der Waals surface area contributed by atoms with E-state index in [1.807, 2.05) is 18.5 Å². The van der Waals surface area contributed by atoms with Crippen LogP contribution in [0.2, 0.25) is 0 Å². The number of amides is 1. The molecule has 0 radical (unpaired) electrons. The Kier molecular flexibility index (Phi) is 4.55. The second-order valence-electron chi connectivity index (χ2n) is 4.22. The molecule has 1 atom stereocenters. The zero-order valence-corrected chi connectivity index (χ0v) is 12.1. The third-order valence-corrected chi connectivity index (χ3v) is 4.45. The van der Waals surface area contributed by atoms with Gasteiger partial charge in [-0.1, -0.05) is 0 Å². The van der Waals surface area contributed by atoms with Gasteiger partial charge in [-0.15, -0.1) is 11.3 Å². The third-order valence-electron chi connectivity index (χ3n) is 2.75. The van der Waals surface area contributed by atoms with Crippen LogP contribution in [0.5, 0.6) is 0 Å². The Labute approximate surface area is 114 Å². The van der Waals surface area contributed by atoms with Crippen molar-refractivity contribution in [3.8, 4) is 0 Å². The van der Waals surface area contributed by atoms with E-state index in [0.717, 1.165) is 29.0 Å². The van der Waals surface area contributed by atoms with Gasteiger partial charge in [0.15, 0.2) is 0 Å². The van der Waals surface area contributed by atoms with Crippen LogP contribution in [0.4, 0.5) is 0 Å². The first-order valence-corrected chi connectivity index (χ1v) is 7.25. The SMILES string of the molecule is CN1CCNC(C(=O)NCc2cc(Br)cs2)C1. The summed E-state index contributed by atoms with van der Waals surface area (Å²) in [7, 11) is 2.04. The second-order valence-corrected chi connectivity index (χ2v) is 6.13. The van der Waals surface area contributed by atoms with Crippen LogP contribution < -0.4 is 10.6 Å². The van der Waals surface area contributed by atoms with Gasteiger partial charge in [0.25, 0.3) is 0 Å². The summed E-state index contributed by atoms with van der Waals surface area (Å²) < 4.78 is 1.07. The van der Waals surface area contributed by atoms with Gasteiger partial charge in [0.1, 0.15) is 0 Å². The largest absolute Gasteiger partial charge is 0.350 e. The smallest absolute Gasteiger partial charge is 0.238 e. The monoisotopic (exact) mass is 317 g/mol. The second kappa shape index (κ2) is 5.95. The van der Waals surface area contributed by atoms with E-state index in [1.54, 1.807) is 11.3 Å². The summed E-state index contributed by atoms with van der Waals surface area (Å²) in [5.41, 5.74) is 0. The first kappa shape index (κ1) is 13.0. The summed E-state index contributed by atoms with van der Waals surface area (Å²) in [6, 6.07) is 1.95. The van der Waals surface area contributed by atoms with Crippen LogP contribution >= 0.6 is 27.3 Å². The lowest BCUT2D eigenvalue weighted by Gasteiger charge is -2.29. The average molecular weight is 318 g/mol.